The van der Waals surface area contributed by atoms with Gasteiger partial charge in [-0.3, -0.25) is 10.1 Å². The number of nitriles is 1. The van der Waals surface area contributed by atoms with Gasteiger partial charge in [0.05, 0.1) is 10.5 Å². The molecule has 94 valence electrons. The topological polar surface area (TPSA) is 91.8 Å². The van der Waals surface area contributed by atoms with Crippen LogP contribution in [0.2, 0.25) is 0 Å². The number of anilines is 1. The summed E-state index contributed by atoms with van der Waals surface area (Å²) < 4.78 is 0. The van der Waals surface area contributed by atoms with Gasteiger partial charge in [-0.2, -0.15) is 5.26 Å². The highest BCUT2D eigenvalue weighted by atomic mass is 16.6. The molecule has 0 unspecified atom stereocenters. The van der Waals surface area contributed by atoms with Crippen LogP contribution in [0.1, 0.15) is 37.7 Å². The molecule has 1 fully saturated rings. The molecule has 1 aliphatic carbocycles. The Morgan fingerprint density at radius 1 is 1.44 bits per heavy atom. The second-order valence-electron chi connectivity index (χ2n) is 4.44. The Kier molecular flexibility index (Phi) is 3.72. The first-order valence-electron chi connectivity index (χ1n) is 6.02. The summed E-state index contributed by atoms with van der Waals surface area (Å²) in [7, 11) is 0. The quantitative estimate of drug-likeness (QED) is 0.653. The Labute approximate surface area is 105 Å². The maximum atomic E-state index is 10.9. The van der Waals surface area contributed by atoms with Crippen molar-refractivity contribution in [1.82, 2.24) is 4.98 Å². The summed E-state index contributed by atoms with van der Waals surface area (Å²) >= 11 is 0. The fourth-order valence-corrected chi connectivity index (χ4v) is 2.20. The van der Waals surface area contributed by atoms with Crippen molar-refractivity contribution in [3.05, 3.63) is 27.9 Å². The van der Waals surface area contributed by atoms with Gasteiger partial charge in [0, 0.05) is 18.3 Å². The smallest absolute Gasteiger partial charge is 0.312 e. The van der Waals surface area contributed by atoms with Gasteiger partial charge in [0.1, 0.15) is 6.07 Å². The lowest BCUT2D eigenvalue weighted by Gasteiger charge is -2.22. The standard InChI is InChI=1S/C12H14N4O2/c13-7-9-6-11(16(17)18)12(14-8-9)15-10-4-2-1-3-5-10/h6,8,10H,1-5H2,(H,14,15). The normalized spacial score (nSPS) is 15.9. The third-order valence-electron chi connectivity index (χ3n) is 3.14. The van der Waals surface area contributed by atoms with E-state index < -0.39 is 4.92 Å². The molecule has 0 radical (unpaired) electrons. The summed E-state index contributed by atoms with van der Waals surface area (Å²) in [6, 6.07) is 3.37. The molecule has 0 aliphatic heterocycles. The fourth-order valence-electron chi connectivity index (χ4n) is 2.20. The van der Waals surface area contributed by atoms with Crippen LogP contribution in [0, 0.1) is 21.4 Å². The van der Waals surface area contributed by atoms with Gasteiger partial charge in [-0.15, -0.1) is 0 Å². The number of nitrogens with zero attached hydrogens (tertiary/aromatic N) is 3. The van der Waals surface area contributed by atoms with E-state index in [9.17, 15) is 10.1 Å². The molecule has 1 N–H and O–H groups in total. The highest BCUT2D eigenvalue weighted by molar-refractivity contribution is 5.58. The van der Waals surface area contributed by atoms with Crippen molar-refractivity contribution < 1.29 is 4.92 Å². The van der Waals surface area contributed by atoms with Crippen LogP contribution in [0.15, 0.2) is 12.3 Å². The molecule has 0 amide bonds. The van der Waals surface area contributed by atoms with E-state index in [-0.39, 0.29) is 23.1 Å². The number of hydrogen-bond acceptors (Lipinski definition) is 5. The van der Waals surface area contributed by atoms with Crippen LogP contribution in [-0.2, 0) is 0 Å². The Bertz CT molecular complexity index is 489. The second kappa shape index (κ2) is 5.45. The largest absolute Gasteiger partial charge is 0.362 e. The van der Waals surface area contributed by atoms with Gasteiger partial charge >= 0.3 is 5.69 Å². The van der Waals surface area contributed by atoms with Crippen molar-refractivity contribution in [1.29, 1.82) is 5.26 Å². The van der Waals surface area contributed by atoms with Gasteiger partial charge in [0.25, 0.3) is 0 Å². The molecule has 0 atom stereocenters. The molecule has 6 nitrogen and oxygen atoms in total. The Morgan fingerprint density at radius 2 is 2.17 bits per heavy atom. The van der Waals surface area contributed by atoms with Gasteiger partial charge in [0.2, 0.25) is 5.82 Å². The van der Waals surface area contributed by atoms with Crippen molar-refractivity contribution in [2.45, 2.75) is 38.1 Å². The molecule has 0 aromatic carbocycles. The van der Waals surface area contributed by atoms with Crippen molar-refractivity contribution in [3.8, 4) is 6.07 Å². The Balaban J connectivity index is 2.21. The van der Waals surface area contributed by atoms with Gasteiger partial charge in [-0.25, -0.2) is 4.98 Å². The molecule has 2 rings (SSSR count). The van der Waals surface area contributed by atoms with Crippen molar-refractivity contribution >= 4 is 11.5 Å². The summed E-state index contributed by atoms with van der Waals surface area (Å²) in [4.78, 5) is 14.4. The van der Waals surface area contributed by atoms with Crippen LogP contribution in [-0.4, -0.2) is 15.9 Å². The van der Waals surface area contributed by atoms with Crippen molar-refractivity contribution in [3.63, 3.8) is 0 Å². The van der Waals surface area contributed by atoms with E-state index >= 15 is 0 Å². The van der Waals surface area contributed by atoms with Crippen LogP contribution in [0.4, 0.5) is 11.5 Å². The van der Waals surface area contributed by atoms with Gasteiger partial charge in [-0.1, -0.05) is 19.3 Å². The summed E-state index contributed by atoms with van der Waals surface area (Å²) in [5.41, 5.74) is 0.0792. The third kappa shape index (κ3) is 2.74. The minimum absolute atomic E-state index is 0.125. The summed E-state index contributed by atoms with van der Waals surface area (Å²) in [5, 5.41) is 22.8. The molecule has 18 heavy (non-hydrogen) atoms. The number of pyridine rings is 1. The van der Waals surface area contributed by atoms with E-state index in [2.05, 4.69) is 10.3 Å². The minimum Gasteiger partial charge on any atom is -0.362 e. The third-order valence-corrected chi connectivity index (χ3v) is 3.14. The molecular formula is C12H14N4O2. The molecule has 0 bridgehead atoms. The molecule has 6 heteroatoms. The second-order valence-corrected chi connectivity index (χ2v) is 4.44. The van der Waals surface area contributed by atoms with E-state index in [1.807, 2.05) is 6.07 Å². The average molecular weight is 246 g/mol. The summed E-state index contributed by atoms with van der Waals surface area (Å²) in [6.07, 6.45) is 6.89. The van der Waals surface area contributed by atoms with Gasteiger partial charge < -0.3 is 5.32 Å². The molecule has 1 saturated carbocycles. The molecule has 1 aromatic rings. The first-order valence-corrected chi connectivity index (χ1v) is 6.02. The zero-order chi connectivity index (χ0) is 13.0. The predicted octanol–water partition coefficient (Wildman–Crippen LogP) is 2.61. The molecular weight excluding hydrogens is 232 g/mol. The first kappa shape index (κ1) is 12.3. The summed E-state index contributed by atoms with van der Waals surface area (Å²) in [6.45, 7) is 0. The Morgan fingerprint density at radius 3 is 2.78 bits per heavy atom. The van der Waals surface area contributed by atoms with Gasteiger partial charge in [-0.05, 0) is 12.8 Å². The lowest BCUT2D eigenvalue weighted by atomic mass is 9.95. The lowest BCUT2D eigenvalue weighted by molar-refractivity contribution is -0.384. The molecule has 0 spiro atoms. The average Bonchev–Trinajstić information content (AvgIpc) is 2.40. The van der Waals surface area contributed by atoms with Crippen molar-refractivity contribution in [2.75, 3.05) is 5.32 Å². The van der Waals surface area contributed by atoms with E-state index in [1.54, 1.807) is 0 Å². The molecule has 1 heterocycles. The predicted molar refractivity (Wildman–Crippen MR) is 66.1 cm³/mol. The highest BCUT2D eigenvalue weighted by Gasteiger charge is 2.20. The molecule has 0 saturated heterocycles. The number of nitro groups is 1. The summed E-state index contributed by atoms with van der Waals surface area (Å²) in [5.74, 6) is 0.269. The molecule has 1 aliphatic rings. The maximum Gasteiger partial charge on any atom is 0.312 e. The van der Waals surface area contributed by atoms with E-state index in [0.717, 1.165) is 25.7 Å². The number of nitrogens with one attached hydrogen (secondary N) is 1. The zero-order valence-corrected chi connectivity index (χ0v) is 9.93. The number of aromatic nitrogens is 1. The maximum absolute atomic E-state index is 10.9. The monoisotopic (exact) mass is 246 g/mol. The van der Waals surface area contributed by atoms with Crippen LogP contribution in [0.25, 0.3) is 0 Å². The first-order chi connectivity index (χ1) is 8.70. The number of hydrogen-bond donors (Lipinski definition) is 1. The van der Waals surface area contributed by atoms with Crippen molar-refractivity contribution in [2.24, 2.45) is 0 Å². The minimum atomic E-state index is -0.501. The SMILES string of the molecule is N#Cc1cnc(NC2CCCCC2)c([N+](=O)[O-])c1. The van der Waals surface area contributed by atoms with Crippen LogP contribution in [0.3, 0.4) is 0 Å². The number of rotatable bonds is 3. The Hall–Kier alpha value is -2.16. The highest BCUT2D eigenvalue weighted by Crippen LogP contribution is 2.27. The lowest BCUT2D eigenvalue weighted by Crippen LogP contribution is -2.23. The van der Waals surface area contributed by atoms with E-state index in [0.29, 0.717) is 0 Å². The van der Waals surface area contributed by atoms with E-state index in [4.69, 9.17) is 5.26 Å². The zero-order valence-electron chi connectivity index (χ0n) is 9.93. The van der Waals surface area contributed by atoms with E-state index in [1.165, 1.54) is 18.7 Å². The van der Waals surface area contributed by atoms with Gasteiger partial charge in [0.15, 0.2) is 0 Å². The van der Waals surface area contributed by atoms with Crippen LogP contribution in [0.5, 0.6) is 0 Å². The van der Waals surface area contributed by atoms with Crippen LogP contribution >= 0.6 is 0 Å². The fraction of sp³-hybridized carbons (Fsp3) is 0.500. The molecule has 1 aromatic heterocycles. The van der Waals surface area contributed by atoms with Crippen LogP contribution < -0.4 is 5.32 Å².